The Morgan fingerprint density at radius 3 is 2.14 bits per heavy atom. The number of carbonyl (C=O) groups excluding carboxylic acids is 2. The summed E-state index contributed by atoms with van der Waals surface area (Å²) >= 11 is 0. The molecule has 0 saturated heterocycles. The molecule has 192 valence electrons. The van der Waals surface area contributed by atoms with Crippen LogP contribution in [0.4, 0.5) is 11.4 Å². The second-order valence-corrected chi connectivity index (χ2v) is 9.34. The molecule has 14 heteroatoms. The van der Waals surface area contributed by atoms with Gasteiger partial charge in [0.15, 0.2) is 11.6 Å². The lowest BCUT2D eigenvalue weighted by Gasteiger charge is -2.11. The zero-order valence-electron chi connectivity index (χ0n) is 19.3. The lowest BCUT2D eigenvalue weighted by atomic mass is 10.0. The van der Waals surface area contributed by atoms with Gasteiger partial charge in [0, 0.05) is 29.5 Å². The molecule has 1 aromatic heterocycles. The molecule has 0 spiro atoms. The van der Waals surface area contributed by atoms with Crippen LogP contribution in [0.1, 0.15) is 27.9 Å². The van der Waals surface area contributed by atoms with E-state index in [1.54, 1.807) is 49.5 Å². The molecule has 0 aliphatic heterocycles. The lowest BCUT2D eigenvalue weighted by molar-refractivity contribution is 0.101. The number of hydrogen-bond donors (Lipinski definition) is 4. The van der Waals surface area contributed by atoms with E-state index in [1.807, 2.05) is 0 Å². The average molecular weight is 545 g/mol. The largest absolute Gasteiger partial charge is 0.425 e. The lowest BCUT2D eigenvalue weighted by Crippen LogP contribution is -2.14. The summed E-state index contributed by atoms with van der Waals surface area (Å²) in [7, 11) is -5.92. The number of imidazole rings is 1. The molecule has 37 heavy (non-hydrogen) atoms. The number of fused-ring (bicyclic) bond motifs is 1. The summed E-state index contributed by atoms with van der Waals surface area (Å²) in [6.45, 7) is 1.44. The van der Waals surface area contributed by atoms with Gasteiger partial charge in [-0.3, -0.25) is 14.1 Å². The van der Waals surface area contributed by atoms with Gasteiger partial charge in [0.2, 0.25) is 0 Å². The zero-order chi connectivity index (χ0) is 27.3. The van der Waals surface area contributed by atoms with Crippen molar-refractivity contribution in [2.75, 3.05) is 17.7 Å². The van der Waals surface area contributed by atoms with E-state index in [4.69, 9.17) is 12.6 Å². The Balaban J connectivity index is 0.000000886. The van der Waals surface area contributed by atoms with Crippen molar-refractivity contribution in [3.05, 3.63) is 72.1 Å². The number of nitrogens with one attached hydrogen (secondary N) is 3. The van der Waals surface area contributed by atoms with Crippen LogP contribution in [0.15, 0.2) is 65.6 Å². The first-order valence-electron chi connectivity index (χ1n) is 10.4. The fourth-order valence-corrected chi connectivity index (χ4v) is 4.13. The smallest absolute Gasteiger partial charge is 0.388 e. The van der Waals surface area contributed by atoms with Gasteiger partial charge in [-0.1, -0.05) is 18.2 Å². The van der Waals surface area contributed by atoms with Crippen LogP contribution in [0.5, 0.6) is 0 Å². The number of amides is 1. The van der Waals surface area contributed by atoms with Gasteiger partial charge in [0.25, 0.3) is 16.0 Å². The third kappa shape index (κ3) is 6.84. The Bertz CT molecular complexity index is 1710. The predicted molar refractivity (Wildman–Crippen MR) is 135 cm³/mol. The summed E-state index contributed by atoms with van der Waals surface area (Å²) in [5.41, 5.74) is 3.38. The molecule has 0 fully saturated rings. The van der Waals surface area contributed by atoms with E-state index in [2.05, 4.69) is 20.6 Å². The standard InChI is InChI=1S/C23H20N4O5S.O3S/c1-13(28)15-5-10-19-20(11-15)27-22(26-19)23(29)25-17-8-9-18(21(12-17)33(30,31)32)14-3-6-16(24-2)7-4-14;1-4(2)3/h3-12,24H,1-2H3,(H,25,29)(H,26,27)(H,30,31,32);. The molecule has 4 aromatic rings. The van der Waals surface area contributed by atoms with Gasteiger partial charge in [-0.25, -0.2) is 4.98 Å². The van der Waals surface area contributed by atoms with Crippen LogP contribution in [-0.4, -0.2) is 54.3 Å². The highest BCUT2D eigenvalue weighted by atomic mass is 32.2. The summed E-state index contributed by atoms with van der Waals surface area (Å²) in [6.07, 6.45) is 0. The molecule has 1 amide bonds. The first-order valence-corrected chi connectivity index (χ1v) is 12.8. The van der Waals surface area contributed by atoms with Crippen molar-refractivity contribution in [1.82, 2.24) is 9.97 Å². The van der Waals surface area contributed by atoms with Gasteiger partial charge in [-0.2, -0.15) is 8.42 Å². The van der Waals surface area contributed by atoms with Gasteiger partial charge in [0.05, 0.1) is 11.0 Å². The summed E-state index contributed by atoms with van der Waals surface area (Å²) in [6, 6.07) is 16.1. The Morgan fingerprint density at radius 1 is 0.946 bits per heavy atom. The van der Waals surface area contributed by atoms with Crippen LogP contribution in [0.3, 0.4) is 0 Å². The molecule has 12 nitrogen and oxygen atoms in total. The summed E-state index contributed by atoms with van der Waals surface area (Å²) in [5, 5.41) is 5.55. The van der Waals surface area contributed by atoms with E-state index in [9.17, 15) is 22.6 Å². The van der Waals surface area contributed by atoms with Crippen molar-refractivity contribution in [1.29, 1.82) is 0 Å². The molecular formula is C23H20N4O8S2. The minimum absolute atomic E-state index is 0.00848. The first-order chi connectivity index (χ1) is 17.4. The predicted octanol–water partition coefficient (Wildman–Crippen LogP) is 2.97. The van der Waals surface area contributed by atoms with E-state index < -0.39 is 26.6 Å². The number of rotatable bonds is 6. The van der Waals surface area contributed by atoms with E-state index >= 15 is 0 Å². The van der Waals surface area contributed by atoms with Gasteiger partial charge in [-0.05, 0) is 55.0 Å². The molecule has 0 aliphatic rings. The molecule has 0 radical (unpaired) electrons. The number of benzene rings is 3. The number of nitrogens with zero attached hydrogens (tertiary/aromatic N) is 1. The molecule has 4 rings (SSSR count). The number of ketones is 1. The molecule has 1 heterocycles. The highest BCUT2D eigenvalue weighted by molar-refractivity contribution is 7.86. The van der Waals surface area contributed by atoms with Crippen LogP contribution < -0.4 is 10.6 Å². The third-order valence-electron chi connectivity index (χ3n) is 5.11. The number of aromatic amines is 1. The third-order valence-corrected chi connectivity index (χ3v) is 6.00. The van der Waals surface area contributed by atoms with E-state index in [0.717, 1.165) is 5.69 Å². The Labute approximate surface area is 212 Å². The van der Waals surface area contributed by atoms with Crippen molar-refractivity contribution in [2.45, 2.75) is 11.8 Å². The Kier molecular flexibility index (Phi) is 8.17. The van der Waals surface area contributed by atoms with Crippen molar-refractivity contribution in [3.8, 4) is 11.1 Å². The number of Topliss-reactive ketones (excluding diaryl/α,β-unsaturated/α-hetero) is 1. The molecule has 0 bridgehead atoms. The number of hydrogen-bond acceptors (Lipinski definition) is 9. The molecule has 3 aromatic carbocycles. The fourth-order valence-electron chi connectivity index (χ4n) is 3.39. The van der Waals surface area contributed by atoms with Gasteiger partial charge in [0.1, 0.15) is 4.90 Å². The second kappa shape index (κ2) is 11.1. The monoisotopic (exact) mass is 544 g/mol. The quantitative estimate of drug-likeness (QED) is 0.207. The van der Waals surface area contributed by atoms with Crippen molar-refractivity contribution < 1.29 is 35.2 Å². The number of aromatic nitrogens is 2. The van der Waals surface area contributed by atoms with Crippen LogP contribution in [0, 0.1) is 0 Å². The normalized spacial score (nSPS) is 10.8. The van der Waals surface area contributed by atoms with Gasteiger partial charge >= 0.3 is 10.6 Å². The minimum atomic E-state index is -4.58. The van der Waals surface area contributed by atoms with Crippen molar-refractivity contribution >= 4 is 54.8 Å². The van der Waals surface area contributed by atoms with Crippen LogP contribution in [-0.2, 0) is 20.7 Å². The van der Waals surface area contributed by atoms with Crippen molar-refractivity contribution in [2.24, 2.45) is 0 Å². The maximum absolute atomic E-state index is 12.7. The average Bonchev–Trinajstić information content (AvgIpc) is 3.27. The highest BCUT2D eigenvalue weighted by Crippen LogP contribution is 2.31. The summed E-state index contributed by atoms with van der Waals surface area (Å²) < 4.78 is 59.2. The first kappa shape index (κ1) is 27.2. The van der Waals surface area contributed by atoms with E-state index in [0.29, 0.717) is 27.7 Å². The number of anilines is 2. The maximum Gasteiger partial charge on any atom is 0.425 e. The second-order valence-electron chi connectivity index (χ2n) is 7.55. The molecule has 0 unspecified atom stereocenters. The SMILES string of the molecule is CNc1ccc(-c2ccc(NC(=O)c3nc4ccc(C(C)=O)cc4[nH]3)cc2S(=O)(=O)O)cc1.O=S(=O)=O. The minimum Gasteiger partial charge on any atom is -0.388 e. The Morgan fingerprint density at radius 2 is 1.57 bits per heavy atom. The molecule has 0 aliphatic carbocycles. The summed E-state index contributed by atoms with van der Waals surface area (Å²) in [5.74, 6) is -0.732. The summed E-state index contributed by atoms with van der Waals surface area (Å²) in [4.78, 5) is 31.0. The molecular weight excluding hydrogens is 524 g/mol. The van der Waals surface area contributed by atoms with Crippen LogP contribution in [0.2, 0.25) is 0 Å². The number of carbonyl (C=O) groups is 2. The zero-order valence-corrected chi connectivity index (χ0v) is 21.0. The van der Waals surface area contributed by atoms with Gasteiger partial charge in [-0.15, -0.1) is 12.6 Å². The number of H-pyrrole nitrogens is 1. The molecule has 0 atom stereocenters. The maximum atomic E-state index is 12.7. The van der Waals surface area contributed by atoms with E-state index in [-0.39, 0.29) is 22.2 Å². The van der Waals surface area contributed by atoms with Crippen LogP contribution in [0.25, 0.3) is 22.2 Å². The van der Waals surface area contributed by atoms with Crippen LogP contribution >= 0.6 is 0 Å². The molecule has 4 N–H and O–H groups in total. The fraction of sp³-hybridized carbons (Fsp3) is 0.0870. The van der Waals surface area contributed by atoms with Gasteiger partial charge < -0.3 is 15.6 Å². The van der Waals surface area contributed by atoms with Crippen molar-refractivity contribution in [3.63, 3.8) is 0 Å². The topological polar surface area (TPSA) is 192 Å². The van der Waals surface area contributed by atoms with E-state index in [1.165, 1.54) is 25.1 Å². The Hall–Kier alpha value is -4.40. The highest BCUT2D eigenvalue weighted by Gasteiger charge is 2.19. The molecule has 0 saturated carbocycles.